The molecule has 0 unspecified atom stereocenters. The normalized spacial score (nSPS) is 12.9. The van der Waals surface area contributed by atoms with Gasteiger partial charge in [-0.15, -0.1) is 0 Å². The van der Waals surface area contributed by atoms with Gasteiger partial charge >= 0.3 is 0 Å². The summed E-state index contributed by atoms with van der Waals surface area (Å²) in [6.45, 7) is 10.3. The molecule has 1 rings (SSSR count). The lowest BCUT2D eigenvalue weighted by Crippen LogP contribution is -3.11. The van der Waals surface area contributed by atoms with Crippen molar-refractivity contribution in [1.29, 1.82) is 0 Å². The van der Waals surface area contributed by atoms with Crippen LogP contribution in [0.3, 0.4) is 0 Å². The van der Waals surface area contributed by atoms with E-state index in [2.05, 4.69) is 24.2 Å². The zero-order chi connectivity index (χ0) is 20.1. The molecule has 152 valence electrons. The van der Waals surface area contributed by atoms with Gasteiger partial charge < -0.3 is 14.4 Å². The van der Waals surface area contributed by atoms with Crippen molar-refractivity contribution in [2.24, 2.45) is 4.99 Å². The van der Waals surface area contributed by atoms with Crippen LogP contribution in [0.25, 0.3) is 0 Å². The summed E-state index contributed by atoms with van der Waals surface area (Å²) in [5, 5.41) is 2.57. The van der Waals surface area contributed by atoms with Gasteiger partial charge in [0, 0.05) is 7.11 Å². The van der Waals surface area contributed by atoms with Crippen molar-refractivity contribution in [2.75, 3.05) is 40.0 Å². The second-order valence-corrected chi connectivity index (χ2v) is 6.41. The van der Waals surface area contributed by atoms with Gasteiger partial charge in [-0.3, -0.25) is 10.1 Å². The number of carbonyl (C=O) groups excluding carboxylic acids is 1. The molecule has 7 heteroatoms. The van der Waals surface area contributed by atoms with E-state index in [1.54, 1.807) is 18.1 Å². The molecule has 2 N–H and O–H groups in total. The Kier molecular flexibility index (Phi) is 11.3. The highest BCUT2D eigenvalue weighted by atomic mass is 19.1. The van der Waals surface area contributed by atoms with E-state index in [1.807, 2.05) is 6.92 Å². The number of amidine groups is 1. The van der Waals surface area contributed by atoms with Gasteiger partial charge in [0.05, 0.1) is 37.8 Å². The fourth-order valence-corrected chi connectivity index (χ4v) is 2.65. The highest BCUT2D eigenvalue weighted by molar-refractivity contribution is 6.04. The first-order chi connectivity index (χ1) is 13.0. The molecular weight excluding hydrogens is 349 g/mol. The Hall–Kier alpha value is -1.99. The van der Waals surface area contributed by atoms with E-state index in [9.17, 15) is 9.18 Å². The SMILES string of the molecule is CC[NH+](CC)CCC[C@H](C)N=C(NC(=O)c1ccccc1F)OCCOC. The van der Waals surface area contributed by atoms with Gasteiger partial charge in [0.2, 0.25) is 0 Å². The minimum atomic E-state index is -0.582. The number of hydrogen-bond acceptors (Lipinski definition) is 4. The van der Waals surface area contributed by atoms with Gasteiger partial charge in [-0.2, -0.15) is 0 Å². The molecule has 0 spiro atoms. The molecule has 0 aromatic heterocycles. The molecule has 6 nitrogen and oxygen atoms in total. The maximum Gasteiger partial charge on any atom is 0.292 e. The Bertz CT molecular complexity index is 592. The molecule has 0 heterocycles. The Morgan fingerprint density at radius 1 is 1.26 bits per heavy atom. The highest BCUT2D eigenvalue weighted by Crippen LogP contribution is 2.07. The fourth-order valence-electron chi connectivity index (χ4n) is 2.65. The average Bonchev–Trinajstić information content (AvgIpc) is 2.65. The molecule has 0 aliphatic rings. The van der Waals surface area contributed by atoms with Crippen LogP contribution in [0, 0.1) is 5.82 Å². The molecule has 0 aliphatic carbocycles. The summed E-state index contributed by atoms with van der Waals surface area (Å²) >= 11 is 0. The number of hydrogen-bond donors (Lipinski definition) is 2. The van der Waals surface area contributed by atoms with Crippen LogP contribution in [0.4, 0.5) is 4.39 Å². The largest absolute Gasteiger partial charge is 0.463 e. The van der Waals surface area contributed by atoms with Crippen molar-refractivity contribution in [1.82, 2.24) is 5.32 Å². The number of ether oxygens (including phenoxy) is 2. The van der Waals surface area contributed by atoms with Gasteiger partial charge in [-0.1, -0.05) is 12.1 Å². The number of quaternary nitrogens is 1. The van der Waals surface area contributed by atoms with E-state index >= 15 is 0 Å². The Labute approximate surface area is 161 Å². The van der Waals surface area contributed by atoms with E-state index in [1.165, 1.54) is 18.2 Å². The third kappa shape index (κ3) is 8.97. The quantitative estimate of drug-likeness (QED) is 0.348. The summed E-state index contributed by atoms with van der Waals surface area (Å²) in [4.78, 5) is 18.3. The first kappa shape index (κ1) is 23.0. The van der Waals surface area contributed by atoms with Crippen molar-refractivity contribution in [3.63, 3.8) is 0 Å². The summed E-state index contributed by atoms with van der Waals surface area (Å²) in [5.74, 6) is -1.16. The van der Waals surface area contributed by atoms with Gasteiger partial charge in [-0.25, -0.2) is 9.38 Å². The maximum atomic E-state index is 13.8. The molecule has 0 bridgehead atoms. The molecule has 1 amide bonds. The molecule has 0 radical (unpaired) electrons. The first-order valence-electron chi connectivity index (χ1n) is 9.60. The summed E-state index contributed by atoms with van der Waals surface area (Å²) in [6, 6.07) is 5.90. The van der Waals surface area contributed by atoms with Gasteiger partial charge in [-0.05, 0) is 45.7 Å². The first-order valence-corrected chi connectivity index (χ1v) is 9.60. The monoisotopic (exact) mass is 382 g/mol. The number of rotatable bonds is 11. The number of halogens is 1. The smallest absolute Gasteiger partial charge is 0.292 e. The van der Waals surface area contributed by atoms with Crippen molar-refractivity contribution >= 4 is 11.9 Å². The number of aliphatic imine (C=N–C) groups is 1. The molecule has 1 aromatic carbocycles. The summed E-state index contributed by atoms with van der Waals surface area (Å²) < 4.78 is 24.3. The molecule has 0 saturated heterocycles. The lowest BCUT2D eigenvalue weighted by atomic mass is 10.2. The zero-order valence-corrected chi connectivity index (χ0v) is 16.9. The third-order valence-electron chi connectivity index (χ3n) is 4.36. The fraction of sp³-hybridized carbons (Fsp3) is 0.600. The zero-order valence-electron chi connectivity index (χ0n) is 16.9. The van der Waals surface area contributed by atoms with Crippen LogP contribution in [0.2, 0.25) is 0 Å². The van der Waals surface area contributed by atoms with Crippen LogP contribution in [-0.4, -0.2) is 57.9 Å². The van der Waals surface area contributed by atoms with Crippen LogP contribution < -0.4 is 10.2 Å². The van der Waals surface area contributed by atoms with E-state index in [0.29, 0.717) is 6.61 Å². The molecule has 27 heavy (non-hydrogen) atoms. The van der Waals surface area contributed by atoms with E-state index < -0.39 is 11.7 Å². The second kappa shape index (κ2) is 13.2. The topological polar surface area (TPSA) is 64.4 Å². The van der Waals surface area contributed by atoms with Crippen molar-refractivity contribution in [2.45, 2.75) is 39.7 Å². The van der Waals surface area contributed by atoms with E-state index in [-0.39, 0.29) is 24.2 Å². The molecule has 0 aliphatic heterocycles. The summed E-state index contributed by atoms with van der Waals surface area (Å²) in [7, 11) is 1.57. The third-order valence-corrected chi connectivity index (χ3v) is 4.36. The average molecular weight is 383 g/mol. The highest BCUT2D eigenvalue weighted by Gasteiger charge is 2.15. The summed E-state index contributed by atoms with van der Waals surface area (Å²) in [6.07, 6.45) is 1.92. The molecule has 0 saturated carbocycles. The number of amides is 1. The van der Waals surface area contributed by atoms with Gasteiger partial charge in [0.1, 0.15) is 12.4 Å². The van der Waals surface area contributed by atoms with Gasteiger partial charge in [0.25, 0.3) is 11.9 Å². The molecular formula is C20H33FN3O3+. The predicted octanol–water partition coefficient (Wildman–Crippen LogP) is 1.67. The van der Waals surface area contributed by atoms with Crippen LogP contribution in [-0.2, 0) is 9.47 Å². The lowest BCUT2D eigenvalue weighted by molar-refractivity contribution is -0.896. The number of benzene rings is 1. The Morgan fingerprint density at radius 3 is 2.59 bits per heavy atom. The van der Waals surface area contributed by atoms with Crippen molar-refractivity contribution < 1.29 is 23.6 Å². The van der Waals surface area contributed by atoms with Crippen LogP contribution in [0.5, 0.6) is 0 Å². The number of methoxy groups -OCH3 is 1. The number of nitrogens with one attached hydrogen (secondary N) is 2. The Balaban J connectivity index is 2.69. The van der Waals surface area contributed by atoms with Crippen molar-refractivity contribution in [3.05, 3.63) is 35.6 Å². The predicted molar refractivity (Wildman–Crippen MR) is 105 cm³/mol. The maximum absolute atomic E-state index is 13.8. The minimum absolute atomic E-state index is 0.0153. The van der Waals surface area contributed by atoms with Crippen LogP contribution in [0.1, 0.15) is 44.0 Å². The summed E-state index contributed by atoms with van der Waals surface area (Å²) in [5.41, 5.74) is -0.0432. The number of carbonyl (C=O) groups is 1. The second-order valence-electron chi connectivity index (χ2n) is 6.41. The Morgan fingerprint density at radius 2 is 1.96 bits per heavy atom. The van der Waals surface area contributed by atoms with Crippen molar-refractivity contribution in [3.8, 4) is 0 Å². The van der Waals surface area contributed by atoms with E-state index in [0.717, 1.165) is 32.5 Å². The molecule has 1 atom stereocenters. The van der Waals surface area contributed by atoms with E-state index in [4.69, 9.17) is 9.47 Å². The molecule has 1 aromatic rings. The molecule has 0 fully saturated rings. The van der Waals surface area contributed by atoms with Gasteiger partial charge in [0.15, 0.2) is 0 Å². The lowest BCUT2D eigenvalue weighted by Gasteiger charge is -2.16. The minimum Gasteiger partial charge on any atom is -0.463 e. The standard InChI is InChI=1S/C20H32FN3O3/c1-5-24(6-2)13-9-10-16(3)22-20(27-15-14-26-4)23-19(25)17-11-7-8-12-18(17)21/h7-8,11-12,16H,5-6,9-10,13-15H2,1-4H3,(H,22,23,25)/p+1/t16-/m0/s1. The van der Waals surface area contributed by atoms with Crippen LogP contribution in [0.15, 0.2) is 29.3 Å². The van der Waals surface area contributed by atoms with Crippen LogP contribution >= 0.6 is 0 Å². The number of nitrogens with zero attached hydrogens (tertiary/aromatic N) is 1.